The second kappa shape index (κ2) is 6.71. The SMILES string of the molecule is Cc1ccc(C2=C3C(=O)N(C(C)C)C(c4ccc(C)s4)=C3C(=O)N2C(C)C)s1. The fraction of sp³-hybridized carbons (Fsp3) is 0.364. The molecule has 28 heavy (non-hydrogen) atoms. The van der Waals surface area contributed by atoms with Gasteiger partial charge >= 0.3 is 0 Å². The number of fused-ring (bicyclic) bond motifs is 1. The smallest absolute Gasteiger partial charge is 0.261 e. The Hall–Kier alpha value is -2.18. The number of amides is 2. The molecule has 0 N–H and O–H groups in total. The molecule has 0 spiro atoms. The summed E-state index contributed by atoms with van der Waals surface area (Å²) in [5.41, 5.74) is 2.67. The lowest BCUT2D eigenvalue weighted by molar-refractivity contribution is -0.125. The van der Waals surface area contributed by atoms with Crippen molar-refractivity contribution in [3.8, 4) is 0 Å². The quantitative estimate of drug-likeness (QED) is 0.705. The van der Waals surface area contributed by atoms with Crippen molar-refractivity contribution in [2.75, 3.05) is 0 Å². The van der Waals surface area contributed by atoms with Gasteiger partial charge in [-0.25, -0.2) is 0 Å². The maximum absolute atomic E-state index is 13.6. The van der Waals surface area contributed by atoms with Gasteiger partial charge in [-0.3, -0.25) is 9.59 Å². The summed E-state index contributed by atoms with van der Waals surface area (Å²) in [7, 11) is 0. The molecule has 0 unspecified atom stereocenters. The summed E-state index contributed by atoms with van der Waals surface area (Å²) in [6.45, 7) is 12.1. The lowest BCUT2D eigenvalue weighted by atomic mass is 10.1. The molecule has 0 aromatic carbocycles. The van der Waals surface area contributed by atoms with Gasteiger partial charge in [0, 0.05) is 21.8 Å². The Balaban J connectivity index is 2.05. The van der Waals surface area contributed by atoms with E-state index in [-0.39, 0.29) is 23.9 Å². The van der Waals surface area contributed by atoms with Crippen molar-refractivity contribution in [1.29, 1.82) is 0 Å². The normalized spacial score (nSPS) is 17.3. The van der Waals surface area contributed by atoms with Gasteiger partial charge in [0.2, 0.25) is 0 Å². The van der Waals surface area contributed by atoms with Crippen molar-refractivity contribution >= 4 is 45.9 Å². The van der Waals surface area contributed by atoms with Gasteiger partial charge in [0.15, 0.2) is 0 Å². The van der Waals surface area contributed by atoms with Gasteiger partial charge < -0.3 is 9.80 Å². The highest BCUT2D eigenvalue weighted by molar-refractivity contribution is 7.13. The zero-order chi connectivity index (χ0) is 20.3. The molecule has 4 heterocycles. The van der Waals surface area contributed by atoms with Crippen molar-refractivity contribution in [2.24, 2.45) is 0 Å². The van der Waals surface area contributed by atoms with Crippen LogP contribution in [-0.2, 0) is 9.59 Å². The zero-order valence-corrected chi connectivity index (χ0v) is 18.6. The third-order valence-electron chi connectivity index (χ3n) is 5.05. The Morgan fingerprint density at radius 3 is 1.29 bits per heavy atom. The minimum absolute atomic E-state index is 0.0258. The number of nitrogens with zero attached hydrogens (tertiary/aromatic N) is 2. The number of carbonyl (C=O) groups excluding carboxylic acids is 2. The molecular weight excluding hydrogens is 388 g/mol. The predicted octanol–water partition coefficient (Wildman–Crippen LogP) is 5.05. The van der Waals surface area contributed by atoms with Gasteiger partial charge in [0.25, 0.3) is 11.8 Å². The van der Waals surface area contributed by atoms with Crippen LogP contribution in [-0.4, -0.2) is 33.7 Å². The third-order valence-corrected chi connectivity index (χ3v) is 7.07. The summed E-state index contributed by atoms with van der Waals surface area (Å²) in [5, 5.41) is 0. The van der Waals surface area contributed by atoms with Crippen LogP contribution < -0.4 is 0 Å². The average Bonchev–Trinajstić information content (AvgIpc) is 3.33. The van der Waals surface area contributed by atoms with Crippen molar-refractivity contribution in [1.82, 2.24) is 9.80 Å². The van der Waals surface area contributed by atoms with Gasteiger partial charge in [-0.1, -0.05) is 0 Å². The lowest BCUT2D eigenvalue weighted by Crippen LogP contribution is -2.35. The summed E-state index contributed by atoms with van der Waals surface area (Å²) >= 11 is 3.25. The molecule has 4 rings (SSSR count). The van der Waals surface area contributed by atoms with E-state index < -0.39 is 0 Å². The molecule has 0 saturated carbocycles. The van der Waals surface area contributed by atoms with Crippen LogP contribution in [0.2, 0.25) is 0 Å². The van der Waals surface area contributed by atoms with E-state index in [1.165, 1.54) is 0 Å². The first kappa shape index (κ1) is 19.2. The van der Waals surface area contributed by atoms with Gasteiger partial charge in [-0.15, -0.1) is 22.7 Å². The third kappa shape index (κ3) is 2.70. The van der Waals surface area contributed by atoms with Crippen LogP contribution in [0.25, 0.3) is 11.4 Å². The summed E-state index contributed by atoms with van der Waals surface area (Å²) in [6.07, 6.45) is 0. The Labute approximate surface area is 173 Å². The number of carbonyl (C=O) groups is 2. The number of hydrogen-bond acceptors (Lipinski definition) is 4. The Kier molecular flexibility index (Phi) is 4.59. The molecule has 2 aliphatic heterocycles. The molecule has 2 aromatic rings. The van der Waals surface area contributed by atoms with E-state index in [9.17, 15) is 9.59 Å². The molecule has 2 aliphatic rings. The molecule has 0 radical (unpaired) electrons. The Morgan fingerprint density at radius 1 is 0.679 bits per heavy atom. The van der Waals surface area contributed by atoms with E-state index in [0.29, 0.717) is 11.1 Å². The average molecular weight is 413 g/mol. The molecule has 0 saturated heterocycles. The highest BCUT2D eigenvalue weighted by Crippen LogP contribution is 2.49. The first-order valence-electron chi connectivity index (χ1n) is 9.52. The topological polar surface area (TPSA) is 40.6 Å². The van der Waals surface area contributed by atoms with E-state index in [4.69, 9.17) is 0 Å². The standard InChI is InChI=1S/C22H24N2O2S2/c1-11(2)23-19(15-9-7-13(5)27-15)17-18(21(23)25)20(16-10-8-14(6)28-16)24(12(3)4)22(17)26/h7-12H,1-6H3. The van der Waals surface area contributed by atoms with Crippen molar-refractivity contribution in [3.63, 3.8) is 0 Å². The molecule has 0 atom stereocenters. The minimum Gasteiger partial charge on any atom is -0.304 e. The monoisotopic (exact) mass is 412 g/mol. The van der Waals surface area contributed by atoms with Crippen LogP contribution in [0, 0.1) is 13.8 Å². The molecule has 0 bridgehead atoms. The van der Waals surface area contributed by atoms with Crippen LogP contribution in [0.1, 0.15) is 47.2 Å². The maximum Gasteiger partial charge on any atom is 0.261 e. The van der Waals surface area contributed by atoms with Gasteiger partial charge in [-0.2, -0.15) is 0 Å². The maximum atomic E-state index is 13.6. The largest absolute Gasteiger partial charge is 0.304 e. The van der Waals surface area contributed by atoms with Crippen molar-refractivity contribution < 1.29 is 9.59 Å². The zero-order valence-electron chi connectivity index (χ0n) is 17.0. The van der Waals surface area contributed by atoms with Crippen LogP contribution in [0.4, 0.5) is 0 Å². The summed E-state index contributed by atoms with van der Waals surface area (Å²) in [5.74, 6) is -0.132. The summed E-state index contributed by atoms with van der Waals surface area (Å²) in [4.78, 5) is 35.0. The molecule has 2 amide bonds. The molecule has 0 aliphatic carbocycles. The highest BCUT2D eigenvalue weighted by Gasteiger charge is 2.50. The van der Waals surface area contributed by atoms with Crippen LogP contribution in [0.15, 0.2) is 35.4 Å². The number of hydrogen-bond donors (Lipinski definition) is 0. The fourth-order valence-corrected chi connectivity index (χ4v) is 5.76. The van der Waals surface area contributed by atoms with Crippen LogP contribution in [0.5, 0.6) is 0 Å². The first-order chi connectivity index (χ1) is 13.2. The molecule has 6 heteroatoms. The second-order valence-electron chi connectivity index (χ2n) is 7.81. The number of rotatable bonds is 4. The molecule has 2 aromatic heterocycles. The van der Waals surface area contributed by atoms with E-state index >= 15 is 0 Å². The number of aryl methyl sites for hydroxylation is 2. The second-order valence-corrected chi connectivity index (χ2v) is 10.4. The first-order valence-corrected chi connectivity index (χ1v) is 11.1. The fourth-order valence-electron chi connectivity index (χ4n) is 3.93. The predicted molar refractivity (Wildman–Crippen MR) is 116 cm³/mol. The van der Waals surface area contributed by atoms with Gasteiger partial charge in [0.05, 0.1) is 32.3 Å². The molecule has 0 fully saturated rings. The van der Waals surface area contributed by atoms with Gasteiger partial charge in [0.1, 0.15) is 0 Å². The Bertz CT molecular complexity index is 968. The number of thiophene rings is 2. The van der Waals surface area contributed by atoms with E-state index in [1.54, 1.807) is 32.5 Å². The summed E-state index contributed by atoms with van der Waals surface area (Å²) in [6, 6.07) is 8.08. The van der Waals surface area contributed by atoms with E-state index in [1.807, 2.05) is 65.8 Å². The van der Waals surface area contributed by atoms with Crippen molar-refractivity contribution in [3.05, 3.63) is 54.9 Å². The van der Waals surface area contributed by atoms with E-state index in [0.717, 1.165) is 30.9 Å². The van der Waals surface area contributed by atoms with E-state index in [2.05, 4.69) is 0 Å². The molecular formula is C22H24N2O2S2. The highest BCUT2D eigenvalue weighted by atomic mass is 32.1. The lowest BCUT2D eigenvalue weighted by Gasteiger charge is -2.28. The minimum atomic E-state index is -0.0661. The van der Waals surface area contributed by atoms with Crippen molar-refractivity contribution in [2.45, 2.75) is 53.6 Å². The van der Waals surface area contributed by atoms with Crippen LogP contribution in [0.3, 0.4) is 0 Å². The summed E-state index contributed by atoms with van der Waals surface area (Å²) < 4.78 is 0. The molecule has 146 valence electrons. The van der Waals surface area contributed by atoms with Crippen LogP contribution >= 0.6 is 22.7 Å². The molecule has 4 nitrogen and oxygen atoms in total. The van der Waals surface area contributed by atoms with Gasteiger partial charge in [-0.05, 0) is 65.8 Å². The Morgan fingerprint density at radius 2 is 1.04 bits per heavy atom.